The van der Waals surface area contributed by atoms with Gasteiger partial charge in [0.05, 0.1) is 0 Å². The Bertz CT molecular complexity index is 499. The van der Waals surface area contributed by atoms with Crippen molar-refractivity contribution >= 4 is 21.5 Å². The van der Waals surface area contributed by atoms with Crippen molar-refractivity contribution in [3.8, 4) is 0 Å². The first-order valence-corrected chi connectivity index (χ1v) is 4.81. The predicted octanol–water partition coefficient (Wildman–Crippen LogP) is 1.11. The monoisotopic (exact) mass is 312 g/mol. The van der Waals surface area contributed by atoms with Crippen LogP contribution in [0.4, 0.5) is 0 Å². The maximum atomic E-state index is 2.24. The Morgan fingerprint density at radius 1 is 0.533 bits per heavy atom. The topological polar surface area (TPSA) is 0 Å². The Balaban J connectivity index is 0.000000640. The molecule has 0 fully saturated rings. The first kappa shape index (κ1) is 11.7. The normalized spacial score (nSPS) is 10.1. The van der Waals surface area contributed by atoms with Gasteiger partial charge < -0.3 is 1.43 Å². The number of hydrogen-bond donors (Lipinski definition) is 0. The summed E-state index contributed by atoms with van der Waals surface area (Å²) in [5.74, 6) is 0. The van der Waals surface area contributed by atoms with E-state index in [1.54, 1.807) is 0 Å². The SMILES string of the molecule is [Cs+].[H-].c1ccc2cc3ccccc3cc2c1. The molecule has 0 nitrogen and oxygen atoms in total. The maximum absolute atomic E-state index is 2.24. The summed E-state index contributed by atoms with van der Waals surface area (Å²) in [6.07, 6.45) is 0. The Morgan fingerprint density at radius 2 is 0.800 bits per heavy atom. The Morgan fingerprint density at radius 3 is 1.07 bits per heavy atom. The van der Waals surface area contributed by atoms with Crippen molar-refractivity contribution in [2.75, 3.05) is 0 Å². The summed E-state index contributed by atoms with van der Waals surface area (Å²) < 4.78 is 0. The molecule has 0 atom stereocenters. The summed E-state index contributed by atoms with van der Waals surface area (Å²) in [7, 11) is 0. The van der Waals surface area contributed by atoms with Crippen LogP contribution in [0.5, 0.6) is 0 Å². The van der Waals surface area contributed by atoms with Crippen LogP contribution < -0.4 is 68.9 Å². The van der Waals surface area contributed by atoms with Gasteiger partial charge in [0.25, 0.3) is 0 Å². The average molecular weight is 312 g/mol. The van der Waals surface area contributed by atoms with Crippen molar-refractivity contribution in [3.63, 3.8) is 0 Å². The van der Waals surface area contributed by atoms with Crippen LogP contribution in [0, 0.1) is 0 Å². The number of hydrogen-bond acceptors (Lipinski definition) is 0. The van der Waals surface area contributed by atoms with E-state index < -0.39 is 0 Å². The third-order valence-corrected chi connectivity index (χ3v) is 2.61. The molecule has 0 radical (unpaired) electrons. The van der Waals surface area contributed by atoms with Gasteiger partial charge in [-0.05, 0) is 33.7 Å². The van der Waals surface area contributed by atoms with Crippen LogP contribution in [0.3, 0.4) is 0 Å². The molecule has 0 saturated heterocycles. The zero-order chi connectivity index (χ0) is 9.38. The largest absolute Gasteiger partial charge is 1.00 e. The van der Waals surface area contributed by atoms with E-state index in [1.807, 2.05) is 0 Å². The molecular formula is C14H11Cs. The van der Waals surface area contributed by atoms with Crippen LogP contribution in [0.15, 0.2) is 60.7 Å². The molecule has 0 aromatic heterocycles. The van der Waals surface area contributed by atoms with Crippen molar-refractivity contribution in [2.24, 2.45) is 0 Å². The van der Waals surface area contributed by atoms with Crippen LogP contribution >= 0.6 is 0 Å². The third-order valence-electron chi connectivity index (χ3n) is 2.61. The van der Waals surface area contributed by atoms with Crippen molar-refractivity contribution < 1.29 is 70.3 Å². The van der Waals surface area contributed by atoms with Gasteiger partial charge in [-0.15, -0.1) is 0 Å². The second kappa shape index (κ2) is 5.04. The molecule has 0 amide bonds. The van der Waals surface area contributed by atoms with E-state index in [0.29, 0.717) is 0 Å². The molecule has 0 aliphatic rings. The van der Waals surface area contributed by atoms with Crippen LogP contribution in [0.25, 0.3) is 21.5 Å². The van der Waals surface area contributed by atoms with Gasteiger partial charge in [0.1, 0.15) is 0 Å². The second-order valence-corrected chi connectivity index (χ2v) is 3.55. The molecule has 0 bridgehead atoms. The Labute approximate surface area is 150 Å². The van der Waals surface area contributed by atoms with Gasteiger partial charge in [-0.1, -0.05) is 48.5 Å². The van der Waals surface area contributed by atoms with E-state index in [2.05, 4.69) is 60.7 Å². The number of benzene rings is 3. The maximum Gasteiger partial charge on any atom is 1.00 e. The fourth-order valence-electron chi connectivity index (χ4n) is 1.88. The molecule has 0 N–H and O–H groups in total. The molecule has 3 aromatic rings. The minimum atomic E-state index is 0. The molecule has 0 heterocycles. The summed E-state index contributed by atoms with van der Waals surface area (Å²) in [4.78, 5) is 0. The van der Waals surface area contributed by atoms with Crippen LogP contribution in [-0.2, 0) is 0 Å². The van der Waals surface area contributed by atoms with Crippen molar-refractivity contribution in [1.82, 2.24) is 0 Å². The zero-order valence-corrected chi connectivity index (χ0v) is 15.1. The molecule has 0 spiro atoms. The Kier molecular flexibility index (Phi) is 3.94. The summed E-state index contributed by atoms with van der Waals surface area (Å²) in [6, 6.07) is 21.4. The number of rotatable bonds is 0. The fourth-order valence-corrected chi connectivity index (χ4v) is 1.88. The van der Waals surface area contributed by atoms with Crippen molar-refractivity contribution in [2.45, 2.75) is 0 Å². The van der Waals surface area contributed by atoms with Gasteiger partial charge >= 0.3 is 68.9 Å². The molecule has 3 rings (SSSR count). The predicted molar refractivity (Wildman–Crippen MR) is 62.6 cm³/mol. The smallest absolute Gasteiger partial charge is 1.00 e. The van der Waals surface area contributed by atoms with E-state index in [-0.39, 0.29) is 70.3 Å². The van der Waals surface area contributed by atoms with Crippen LogP contribution in [0.1, 0.15) is 1.43 Å². The molecule has 0 aliphatic carbocycles. The fraction of sp³-hybridized carbons (Fsp3) is 0. The second-order valence-electron chi connectivity index (χ2n) is 3.55. The molecular weight excluding hydrogens is 301 g/mol. The van der Waals surface area contributed by atoms with E-state index in [1.165, 1.54) is 21.5 Å². The Hall–Kier alpha value is 0.232. The standard InChI is InChI=1S/C14H10.Cs.H/c1-2-6-12-10-14-8-4-3-7-13(14)9-11(12)5-1;;/h1-10H;;/q;+1;-1. The summed E-state index contributed by atoms with van der Waals surface area (Å²) in [5, 5.41) is 5.25. The van der Waals surface area contributed by atoms with E-state index >= 15 is 0 Å². The van der Waals surface area contributed by atoms with Crippen molar-refractivity contribution in [3.05, 3.63) is 60.7 Å². The van der Waals surface area contributed by atoms with Gasteiger partial charge in [0.15, 0.2) is 0 Å². The quantitative estimate of drug-likeness (QED) is 0.546. The molecule has 68 valence electrons. The van der Waals surface area contributed by atoms with Gasteiger partial charge in [0, 0.05) is 0 Å². The van der Waals surface area contributed by atoms with Gasteiger partial charge in [-0.25, -0.2) is 0 Å². The van der Waals surface area contributed by atoms with E-state index in [0.717, 1.165) is 0 Å². The minimum Gasteiger partial charge on any atom is -1.00 e. The molecule has 1 heteroatoms. The van der Waals surface area contributed by atoms with Gasteiger partial charge in [0.2, 0.25) is 0 Å². The summed E-state index contributed by atoms with van der Waals surface area (Å²) >= 11 is 0. The van der Waals surface area contributed by atoms with E-state index in [4.69, 9.17) is 0 Å². The first-order valence-electron chi connectivity index (χ1n) is 4.81. The van der Waals surface area contributed by atoms with Gasteiger partial charge in [-0.3, -0.25) is 0 Å². The molecule has 0 unspecified atom stereocenters. The minimum absolute atomic E-state index is 0. The number of fused-ring (bicyclic) bond motifs is 2. The molecule has 0 saturated carbocycles. The average Bonchev–Trinajstić information content (AvgIpc) is 2.26. The molecule has 0 aliphatic heterocycles. The third kappa shape index (κ3) is 2.33. The zero-order valence-electron chi connectivity index (χ0n) is 9.77. The van der Waals surface area contributed by atoms with E-state index in [9.17, 15) is 0 Å². The van der Waals surface area contributed by atoms with Crippen molar-refractivity contribution in [1.29, 1.82) is 0 Å². The molecule has 15 heavy (non-hydrogen) atoms. The van der Waals surface area contributed by atoms with Gasteiger partial charge in [-0.2, -0.15) is 0 Å². The summed E-state index contributed by atoms with van der Waals surface area (Å²) in [5.41, 5.74) is 0. The van der Waals surface area contributed by atoms with Crippen LogP contribution in [-0.4, -0.2) is 0 Å². The first-order chi connectivity index (χ1) is 6.93. The summed E-state index contributed by atoms with van der Waals surface area (Å²) in [6.45, 7) is 0. The van der Waals surface area contributed by atoms with Crippen LogP contribution in [0.2, 0.25) is 0 Å². The molecule has 3 aromatic carbocycles.